The monoisotopic (exact) mass is 323 g/mol. The normalized spacial score (nSPS) is 10.1. The molecule has 0 aliphatic carbocycles. The molecular weight excluding hydrogens is 302 g/mol. The summed E-state index contributed by atoms with van der Waals surface area (Å²) in [6, 6.07) is 10.4. The quantitative estimate of drug-likeness (QED) is 0.883. The number of hydrogen-bond acceptors (Lipinski definition) is 5. The topological polar surface area (TPSA) is 81.9 Å². The first-order chi connectivity index (χ1) is 11.5. The first-order valence-electron chi connectivity index (χ1n) is 7.92. The maximum absolute atomic E-state index is 12.4. The number of benzene rings is 1. The second-order valence-electron chi connectivity index (χ2n) is 5.61. The average Bonchev–Trinajstić information content (AvgIpc) is 2.59. The molecule has 0 spiro atoms. The van der Waals surface area contributed by atoms with Crippen molar-refractivity contribution in [3.63, 3.8) is 0 Å². The number of nitrogens with zero attached hydrogens (tertiary/aromatic N) is 4. The second kappa shape index (κ2) is 8.06. The van der Waals surface area contributed by atoms with E-state index in [4.69, 9.17) is 5.26 Å². The summed E-state index contributed by atoms with van der Waals surface area (Å²) in [5, 5.41) is 11.6. The summed E-state index contributed by atoms with van der Waals surface area (Å²) in [7, 11) is 1.92. The summed E-state index contributed by atoms with van der Waals surface area (Å²) in [6.07, 6.45) is 2.13. The van der Waals surface area contributed by atoms with Gasteiger partial charge in [-0.15, -0.1) is 0 Å². The van der Waals surface area contributed by atoms with E-state index in [2.05, 4.69) is 22.2 Å². The highest BCUT2D eigenvalue weighted by Gasteiger charge is 2.13. The molecule has 0 bridgehead atoms. The van der Waals surface area contributed by atoms with Gasteiger partial charge in [0.1, 0.15) is 5.69 Å². The molecule has 0 aliphatic heterocycles. The number of rotatable bonds is 6. The molecule has 1 amide bonds. The number of unbranched alkanes of at least 4 members (excludes halogenated alkanes) is 1. The van der Waals surface area contributed by atoms with Crippen LogP contribution in [0, 0.1) is 18.3 Å². The number of anilines is 2. The van der Waals surface area contributed by atoms with Crippen molar-refractivity contribution in [1.82, 2.24) is 9.97 Å². The van der Waals surface area contributed by atoms with Crippen LogP contribution < -0.4 is 10.2 Å². The molecular formula is C18H21N5O. The Morgan fingerprint density at radius 2 is 2.00 bits per heavy atom. The number of hydrogen-bond donors (Lipinski definition) is 1. The molecule has 0 radical (unpaired) electrons. The van der Waals surface area contributed by atoms with E-state index in [1.807, 2.05) is 24.9 Å². The van der Waals surface area contributed by atoms with Crippen LogP contribution in [-0.2, 0) is 0 Å². The number of nitriles is 1. The molecule has 0 saturated heterocycles. The summed E-state index contributed by atoms with van der Waals surface area (Å²) >= 11 is 0. The molecule has 2 rings (SSSR count). The van der Waals surface area contributed by atoms with Gasteiger partial charge >= 0.3 is 0 Å². The van der Waals surface area contributed by atoms with Crippen LogP contribution in [-0.4, -0.2) is 29.5 Å². The van der Waals surface area contributed by atoms with Gasteiger partial charge in [0.25, 0.3) is 5.91 Å². The third-order valence-electron chi connectivity index (χ3n) is 3.54. The largest absolute Gasteiger partial charge is 0.344 e. The zero-order valence-electron chi connectivity index (χ0n) is 14.2. The lowest BCUT2D eigenvalue weighted by atomic mass is 10.2. The van der Waals surface area contributed by atoms with Crippen molar-refractivity contribution in [3.8, 4) is 6.07 Å². The first kappa shape index (κ1) is 17.4. The van der Waals surface area contributed by atoms with Crippen LogP contribution in [0.2, 0.25) is 0 Å². The van der Waals surface area contributed by atoms with Crippen LogP contribution in [0.1, 0.15) is 41.5 Å². The lowest BCUT2D eigenvalue weighted by Gasteiger charge is -2.17. The van der Waals surface area contributed by atoms with Gasteiger partial charge in [-0.25, -0.2) is 9.97 Å². The molecule has 0 fully saturated rings. The van der Waals surface area contributed by atoms with Gasteiger partial charge < -0.3 is 10.2 Å². The molecule has 1 heterocycles. The smallest absolute Gasteiger partial charge is 0.274 e. The van der Waals surface area contributed by atoms with Crippen molar-refractivity contribution in [2.45, 2.75) is 26.7 Å². The molecule has 124 valence electrons. The van der Waals surface area contributed by atoms with Gasteiger partial charge in [0.05, 0.1) is 11.6 Å². The minimum absolute atomic E-state index is 0.296. The molecule has 2 aromatic rings. The third kappa shape index (κ3) is 4.53. The van der Waals surface area contributed by atoms with Gasteiger partial charge in [-0.3, -0.25) is 4.79 Å². The molecule has 1 aromatic heterocycles. The molecule has 6 heteroatoms. The van der Waals surface area contributed by atoms with Crippen LogP contribution in [0.5, 0.6) is 0 Å². The zero-order valence-corrected chi connectivity index (χ0v) is 14.2. The molecule has 0 saturated carbocycles. The molecule has 24 heavy (non-hydrogen) atoms. The highest BCUT2D eigenvalue weighted by molar-refractivity contribution is 6.03. The van der Waals surface area contributed by atoms with Gasteiger partial charge in [-0.05, 0) is 43.7 Å². The Labute approximate surface area is 142 Å². The van der Waals surface area contributed by atoms with E-state index in [0.29, 0.717) is 22.9 Å². The van der Waals surface area contributed by atoms with Crippen molar-refractivity contribution >= 4 is 17.5 Å². The Bertz CT molecular complexity index is 749. The predicted molar refractivity (Wildman–Crippen MR) is 94.1 cm³/mol. The van der Waals surface area contributed by atoms with Crippen LogP contribution in [0.25, 0.3) is 0 Å². The fourth-order valence-electron chi connectivity index (χ4n) is 2.16. The number of amides is 1. The summed E-state index contributed by atoms with van der Waals surface area (Å²) in [6.45, 7) is 4.81. The summed E-state index contributed by atoms with van der Waals surface area (Å²) in [5.41, 5.74) is 2.24. The van der Waals surface area contributed by atoms with Crippen molar-refractivity contribution in [3.05, 3.63) is 47.3 Å². The number of aryl methyl sites for hydroxylation is 1. The van der Waals surface area contributed by atoms with Crippen molar-refractivity contribution in [1.29, 1.82) is 5.26 Å². The predicted octanol–water partition coefficient (Wildman–Crippen LogP) is 3.15. The van der Waals surface area contributed by atoms with Gasteiger partial charge in [0.2, 0.25) is 5.95 Å². The molecule has 0 atom stereocenters. The highest BCUT2D eigenvalue weighted by Crippen LogP contribution is 2.13. The molecule has 1 N–H and O–H groups in total. The van der Waals surface area contributed by atoms with E-state index in [1.165, 1.54) is 0 Å². The van der Waals surface area contributed by atoms with Crippen molar-refractivity contribution in [2.24, 2.45) is 0 Å². The maximum atomic E-state index is 12.4. The van der Waals surface area contributed by atoms with Gasteiger partial charge in [-0.2, -0.15) is 5.26 Å². The standard InChI is InChI=1S/C18H21N5O/c1-4-5-10-23(3)18-20-13(2)11-16(22-18)17(24)21-15-8-6-14(12-19)7-9-15/h6-9,11H,4-5,10H2,1-3H3,(H,21,24). The Morgan fingerprint density at radius 1 is 1.29 bits per heavy atom. The first-order valence-corrected chi connectivity index (χ1v) is 7.92. The number of nitrogens with one attached hydrogen (secondary N) is 1. The van der Waals surface area contributed by atoms with Crippen LogP contribution in [0.3, 0.4) is 0 Å². The molecule has 0 aliphatic rings. The van der Waals surface area contributed by atoms with E-state index in [-0.39, 0.29) is 5.91 Å². The third-order valence-corrected chi connectivity index (χ3v) is 3.54. The van der Waals surface area contributed by atoms with Gasteiger partial charge in [0, 0.05) is 25.0 Å². The lowest BCUT2D eigenvalue weighted by molar-refractivity contribution is 0.102. The molecule has 6 nitrogen and oxygen atoms in total. The number of carbonyl (C=O) groups is 1. The van der Waals surface area contributed by atoms with E-state index in [1.54, 1.807) is 30.3 Å². The van der Waals surface area contributed by atoms with Crippen LogP contribution >= 0.6 is 0 Å². The van der Waals surface area contributed by atoms with Crippen molar-refractivity contribution in [2.75, 3.05) is 23.8 Å². The summed E-state index contributed by atoms with van der Waals surface area (Å²) in [5.74, 6) is 0.253. The molecule has 0 unspecified atom stereocenters. The Kier molecular flexibility index (Phi) is 5.85. The summed E-state index contributed by atoms with van der Waals surface area (Å²) < 4.78 is 0. The fourth-order valence-corrected chi connectivity index (χ4v) is 2.16. The van der Waals surface area contributed by atoms with Gasteiger partial charge in [-0.1, -0.05) is 13.3 Å². The zero-order chi connectivity index (χ0) is 17.5. The van der Waals surface area contributed by atoms with Crippen molar-refractivity contribution < 1.29 is 4.79 Å². The Hall–Kier alpha value is -2.94. The minimum Gasteiger partial charge on any atom is -0.344 e. The van der Waals surface area contributed by atoms with Gasteiger partial charge in [0.15, 0.2) is 0 Å². The fraction of sp³-hybridized carbons (Fsp3) is 0.333. The second-order valence-corrected chi connectivity index (χ2v) is 5.61. The maximum Gasteiger partial charge on any atom is 0.274 e. The van der Waals surface area contributed by atoms with E-state index < -0.39 is 0 Å². The van der Waals surface area contributed by atoms with E-state index in [0.717, 1.165) is 25.1 Å². The summed E-state index contributed by atoms with van der Waals surface area (Å²) in [4.78, 5) is 23.1. The average molecular weight is 323 g/mol. The molecule has 1 aromatic carbocycles. The van der Waals surface area contributed by atoms with E-state index >= 15 is 0 Å². The van der Waals surface area contributed by atoms with Crippen LogP contribution in [0.15, 0.2) is 30.3 Å². The van der Waals surface area contributed by atoms with E-state index in [9.17, 15) is 4.79 Å². The Balaban J connectivity index is 2.16. The highest BCUT2D eigenvalue weighted by atomic mass is 16.1. The number of carbonyl (C=O) groups excluding carboxylic acids is 1. The number of aromatic nitrogens is 2. The van der Waals surface area contributed by atoms with Crippen LogP contribution in [0.4, 0.5) is 11.6 Å². The minimum atomic E-state index is -0.296. The SMILES string of the molecule is CCCCN(C)c1nc(C)cc(C(=O)Nc2ccc(C#N)cc2)n1. The Morgan fingerprint density at radius 3 is 2.62 bits per heavy atom. The lowest BCUT2D eigenvalue weighted by Crippen LogP contribution is -2.23.